The van der Waals surface area contributed by atoms with E-state index in [2.05, 4.69) is 10.3 Å². The molecular weight excluding hydrogens is 308 g/mol. The minimum atomic E-state index is -0.123. The first-order valence-corrected chi connectivity index (χ1v) is 7.98. The van der Waals surface area contributed by atoms with Crippen molar-refractivity contribution in [3.8, 4) is 11.5 Å². The molecule has 0 fully saturated rings. The molecule has 0 aliphatic heterocycles. The molecule has 0 saturated heterocycles. The number of amides is 1. The molecule has 0 bridgehead atoms. The van der Waals surface area contributed by atoms with Gasteiger partial charge in [-0.15, -0.1) is 11.3 Å². The van der Waals surface area contributed by atoms with Crippen LogP contribution in [-0.4, -0.2) is 10.9 Å². The number of nitrogens with one attached hydrogen (secondary N) is 1. The second-order valence-corrected chi connectivity index (χ2v) is 5.95. The van der Waals surface area contributed by atoms with Gasteiger partial charge in [-0.05, 0) is 35.7 Å². The van der Waals surface area contributed by atoms with E-state index in [4.69, 9.17) is 4.42 Å². The maximum atomic E-state index is 12.1. The normalized spacial score (nSPS) is 10.8. The van der Waals surface area contributed by atoms with Crippen LogP contribution in [0.2, 0.25) is 0 Å². The van der Waals surface area contributed by atoms with Crippen LogP contribution in [0.1, 0.15) is 9.67 Å². The molecule has 4 rings (SSSR count). The summed E-state index contributed by atoms with van der Waals surface area (Å²) in [7, 11) is 0. The predicted molar refractivity (Wildman–Crippen MR) is 91.7 cm³/mol. The standard InChI is InChI=1S/C18H12N2O2S/c21-17(16-7-4-10-23-16)19-13-8-9-14-15(11-13)22-18(20-14)12-5-2-1-3-6-12/h1-11H,(H,19,21). The summed E-state index contributed by atoms with van der Waals surface area (Å²) in [6, 6.07) is 18.8. The van der Waals surface area contributed by atoms with Gasteiger partial charge in [0, 0.05) is 17.3 Å². The molecule has 4 aromatic rings. The number of aromatic nitrogens is 1. The van der Waals surface area contributed by atoms with Crippen LogP contribution in [0.15, 0.2) is 70.5 Å². The summed E-state index contributed by atoms with van der Waals surface area (Å²) in [6.45, 7) is 0. The zero-order valence-corrected chi connectivity index (χ0v) is 12.8. The fraction of sp³-hybridized carbons (Fsp3) is 0. The third-order valence-electron chi connectivity index (χ3n) is 3.41. The van der Waals surface area contributed by atoms with Gasteiger partial charge in [0.05, 0.1) is 4.88 Å². The van der Waals surface area contributed by atoms with E-state index in [1.807, 2.05) is 53.9 Å². The van der Waals surface area contributed by atoms with E-state index in [0.717, 1.165) is 11.1 Å². The van der Waals surface area contributed by atoms with Gasteiger partial charge in [-0.1, -0.05) is 24.3 Å². The van der Waals surface area contributed by atoms with Crippen LogP contribution in [-0.2, 0) is 0 Å². The summed E-state index contributed by atoms with van der Waals surface area (Å²) in [5, 5.41) is 4.74. The Hall–Kier alpha value is -2.92. The zero-order chi connectivity index (χ0) is 15.6. The molecule has 112 valence electrons. The number of hydrogen-bond donors (Lipinski definition) is 1. The maximum absolute atomic E-state index is 12.1. The fourth-order valence-corrected chi connectivity index (χ4v) is 2.93. The summed E-state index contributed by atoms with van der Waals surface area (Å²) in [5.74, 6) is 0.449. The van der Waals surface area contributed by atoms with Gasteiger partial charge in [-0.25, -0.2) is 4.98 Å². The molecule has 0 aliphatic rings. The minimum Gasteiger partial charge on any atom is -0.436 e. The smallest absolute Gasteiger partial charge is 0.265 e. The molecule has 2 aromatic carbocycles. The number of carbonyl (C=O) groups excluding carboxylic acids is 1. The molecule has 0 unspecified atom stereocenters. The van der Waals surface area contributed by atoms with Gasteiger partial charge < -0.3 is 9.73 Å². The van der Waals surface area contributed by atoms with E-state index in [-0.39, 0.29) is 5.91 Å². The SMILES string of the molecule is O=C(Nc1ccc2nc(-c3ccccc3)oc2c1)c1cccs1. The summed E-state index contributed by atoms with van der Waals surface area (Å²) in [5.41, 5.74) is 3.02. The highest BCUT2D eigenvalue weighted by Crippen LogP contribution is 2.26. The largest absolute Gasteiger partial charge is 0.436 e. The van der Waals surface area contributed by atoms with Crippen molar-refractivity contribution < 1.29 is 9.21 Å². The lowest BCUT2D eigenvalue weighted by molar-refractivity contribution is 0.103. The Labute approximate surface area is 136 Å². The number of benzene rings is 2. The molecule has 1 amide bonds. The first kappa shape index (κ1) is 13.7. The Morgan fingerprint density at radius 3 is 2.70 bits per heavy atom. The van der Waals surface area contributed by atoms with E-state index in [1.54, 1.807) is 12.1 Å². The maximum Gasteiger partial charge on any atom is 0.265 e. The summed E-state index contributed by atoms with van der Waals surface area (Å²) in [4.78, 5) is 17.2. The molecule has 0 spiro atoms. The van der Waals surface area contributed by atoms with Crippen LogP contribution in [0.25, 0.3) is 22.6 Å². The van der Waals surface area contributed by atoms with Crippen LogP contribution >= 0.6 is 11.3 Å². The van der Waals surface area contributed by atoms with E-state index in [9.17, 15) is 4.79 Å². The lowest BCUT2D eigenvalue weighted by Gasteiger charge is -2.02. The van der Waals surface area contributed by atoms with Crippen LogP contribution < -0.4 is 5.32 Å². The van der Waals surface area contributed by atoms with Crippen molar-refractivity contribution in [1.29, 1.82) is 0 Å². The average Bonchev–Trinajstić information content (AvgIpc) is 3.25. The van der Waals surface area contributed by atoms with Gasteiger partial charge >= 0.3 is 0 Å². The monoisotopic (exact) mass is 320 g/mol. The van der Waals surface area contributed by atoms with Crippen molar-refractivity contribution in [2.45, 2.75) is 0 Å². The third-order valence-corrected chi connectivity index (χ3v) is 4.28. The predicted octanol–water partition coefficient (Wildman–Crippen LogP) is 4.81. The molecule has 0 radical (unpaired) electrons. The van der Waals surface area contributed by atoms with Crippen LogP contribution in [0, 0.1) is 0 Å². The first-order chi connectivity index (χ1) is 11.3. The van der Waals surface area contributed by atoms with Crippen LogP contribution in [0.3, 0.4) is 0 Å². The molecule has 23 heavy (non-hydrogen) atoms. The molecule has 0 saturated carbocycles. The first-order valence-electron chi connectivity index (χ1n) is 7.10. The Balaban J connectivity index is 1.64. The quantitative estimate of drug-likeness (QED) is 0.589. The second kappa shape index (κ2) is 5.70. The van der Waals surface area contributed by atoms with Gasteiger partial charge in [-0.2, -0.15) is 0 Å². The molecule has 2 heterocycles. The Morgan fingerprint density at radius 2 is 1.91 bits per heavy atom. The van der Waals surface area contributed by atoms with Crippen molar-refractivity contribution in [1.82, 2.24) is 4.98 Å². The number of nitrogens with zero attached hydrogens (tertiary/aromatic N) is 1. The van der Waals surface area contributed by atoms with Gasteiger partial charge in [0.15, 0.2) is 5.58 Å². The van der Waals surface area contributed by atoms with E-state index >= 15 is 0 Å². The molecule has 0 atom stereocenters. The lowest BCUT2D eigenvalue weighted by atomic mass is 10.2. The summed E-state index contributed by atoms with van der Waals surface area (Å²) >= 11 is 1.41. The lowest BCUT2D eigenvalue weighted by Crippen LogP contribution is -2.09. The van der Waals surface area contributed by atoms with Gasteiger partial charge in [0.2, 0.25) is 5.89 Å². The highest BCUT2D eigenvalue weighted by atomic mass is 32.1. The minimum absolute atomic E-state index is 0.123. The Kier molecular flexibility index (Phi) is 3.40. The number of thiophene rings is 1. The summed E-state index contributed by atoms with van der Waals surface area (Å²) < 4.78 is 5.81. The highest BCUT2D eigenvalue weighted by molar-refractivity contribution is 7.12. The number of hydrogen-bond acceptors (Lipinski definition) is 4. The number of fused-ring (bicyclic) bond motifs is 1. The van der Waals surface area contributed by atoms with Gasteiger partial charge in [0.1, 0.15) is 5.52 Å². The number of rotatable bonds is 3. The molecule has 5 heteroatoms. The molecule has 2 aromatic heterocycles. The van der Waals surface area contributed by atoms with Crippen molar-refractivity contribution >= 4 is 34.0 Å². The van der Waals surface area contributed by atoms with Gasteiger partial charge in [0.25, 0.3) is 5.91 Å². The van der Waals surface area contributed by atoms with Crippen molar-refractivity contribution in [3.63, 3.8) is 0 Å². The van der Waals surface area contributed by atoms with E-state index in [0.29, 0.717) is 22.0 Å². The molecule has 0 aliphatic carbocycles. The Bertz CT molecular complexity index is 959. The number of carbonyl (C=O) groups is 1. The highest BCUT2D eigenvalue weighted by Gasteiger charge is 2.11. The average molecular weight is 320 g/mol. The van der Waals surface area contributed by atoms with Crippen LogP contribution in [0.5, 0.6) is 0 Å². The Morgan fingerprint density at radius 1 is 1.04 bits per heavy atom. The van der Waals surface area contributed by atoms with Crippen molar-refractivity contribution in [2.75, 3.05) is 5.32 Å². The number of oxazole rings is 1. The van der Waals surface area contributed by atoms with Crippen LogP contribution in [0.4, 0.5) is 5.69 Å². The molecule has 4 nitrogen and oxygen atoms in total. The second-order valence-electron chi connectivity index (χ2n) is 5.00. The van der Waals surface area contributed by atoms with Gasteiger partial charge in [-0.3, -0.25) is 4.79 Å². The van der Waals surface area contributed by atoms with Crippen molar-refractivity contribution in [2.24, 2.45) is 0 Å². The van der Waals surface area contributed by atoms with E-state index < -0.39 is 0 Å². The topological polar surface area (TPSA) is 55.1 Å². The van der Waals surface area contributed by atoms with Crippen molar-refractivity contribution in [3.05, 3.63) is 70.9 Å². The number of anilines is 1. The zero-order valence-electron chi connectivity index (χ0n) is 12.0. The summed E-state index contributed by atoms with van der Waals surface area (Å²) in [6.07, 6.45) is 0. The van der Waals surface area contributed by atoms with E-state index in [1.165, 1.54) is 11.3 Å². The molecular formula is C18H12N2O2S. The molecule has 1 N–H and O–H groups in total. The third kappa shape index (κ3) is 2.74. The fourth-order valence-electron chi connectivity index (χ4n) is 2.31.